The maximum absolute atomic E-state index is 11.5. The van der Waals surface area contributed by atoms with Gasteiger partial charge in [-0.05, 0) is 13.3 Å². The molecule has 0 saturated carbocycles. The zero-order valence-electron chi connectivity index (χ0n) is 10.4. The van der Waals surface area contributed by atoms with Crippen LogP contribution in [0.5, 0.6) is 0 Å². The molecule has 18 heavy (non-hydrogen) atoms. The first-order valence-electron chi connectivity index (χ1n) is 5.72. The van der Waals surface area contributed by atoms with E-state index >= 15 is 0 Å². The minimum absolute atomic E-state index is 0.0805. The van der Waals surface area contributed by atoms with Gasteiger partial charge in [-0.3, -0.25) is 14.9 Å². The summed E-state index contributed by atoms with van der Waals surface area (Å²) < 4.78 is 4.79. The molecule has 1 aromatic heterocycles. The number of rotatable bonds is 7. The highest BCUT2D eigenvalue weighted by Gasteiger charge is 2.17. The quantitative estimate of drug-likeness (QED) is 0.664. The molecule has 0 radical (unpaired) electrons. The summed E-state index contributed by atoms with van der Waals surface area (Å²) in [4.78, 5) is 22.3. The summed E-state index contributed by atoms with van der Waals surface area (Å²) in [6, 6.07) is 0.873. The summed E-state index contributed by atoms with van der Waals surface area (Å²) in [6.45, 7) is 3.52. The van der Waals surface area contributed by atoms with Crippen LogP contribution in [0.15, 0.2) is 10.6 Å². The SMILES string of the molecule is CCCC(NCC(=O)Nc1cc(C)on1)C(=O)O. The van der Waals surface area contributed by atoms with E-state index in [1.807, 2.05) is 6.92 Å². The normalized spacial score (nSPS) is 12.1. The van der Waals surface area contributed by atoms with E-state index in [4.69, 9.17) is 9.63 Å². The van der Waals surface area contributed by atoms with Crippen LogP contribution < -0.4 is 10.6 Å². The van der Waals surface area contributed by atoms with Gasteiger partial charge in [0.25, 0.3) is 0 Å². The van der Waals surface area contributed by atoms with E-state index in [1.165, 1.54) is 0 Å². The predicted octanol–water partition coefficient (Wildman–Crippen LogP) is 0.764. The summed E-state index contributed by atoms with van der Waals surface area (Å²) >= 11 is 0. The van der Waals surface area contributed by atoms with Crippen molar-refractivity contribution in [2.75, 3.05) is 11.9 Å². The Morgan fingerprint density at radius 3 is 2.78 bits per heavy atom. The van der Waals surface area contributed by atoms with Crippen molar-refractivity contribution in [1.29, 1.82) is 0 Å². The van der Waals surface area contributed by atoms with Gasteiger partial charge in [0.15, 0.2) is 5.82 Å². The molecule has 0 fully saturated rings. The minimum Gasteiger partial charge on any atom is -0.480 e. The lowest BCUT2D eigenvalue weighted by atomic mass is 10.2. The molecule has 1 rings (SSSR count). The lowest BCUT2D eigenvalue weighted by molar-refractivity contribution is -0.139. The maximum atomic E-state index is 11.5. The van der Waals surface area contributed by atoms with Crippen molar-refractivity contribution in [2.45, 2.75) is 32.7 Å². The summed E-state index contributed by atoms with van der Waals surface area (Å²) in [7, 11) is 0. The highest BCUT2D eigenvalue weighted by molar-refractivity contribution is 5.91. The molecule has 0 aromatic carbocycles. The van der Waals surface area contributed by atoms with E-state index in [2.05, 4.69) is 15.8 Å². The maximum Gasteiger partial charge on any atom is 0.320 e. The molecule has 0 aliphatic heterocycles. The van der Waals surface area contributed by atoms with Gasteiger partial charge in [-0.15, -0.1) is 0 Å². The second-order valence-corrected chi connectivity index (χ2v) is 3.93. The Kier molecular flexibility index (Phi) is 5.31. The minimum atomic E-state index is -0.957. The van der Waals surface area contributed by atoms with Crippen LogP contribution in [-0.4, -0.2) is 34.7 Å². The van der Waals surface area contributed by atoms with Crippen LogP contribution in [0.3, 0.4) is 0 Å². The van der Waals surface area contributed by atoms with Crippen molar-refractivity contribution >= 4 is 17.7 Å². The molecule has 0 bridgehead atoms. The fraction of sp³-hybridized carbons (Fsp3) is 0.545. The first kappa shape index (κ1) is 14.2. The first-order valence-corrected chi connectivity index (χ1v) is 5.72. The molecule has 0 saturated heterocycles. The van der Waals surface area contributed by atoms with Crippen LogP contribution >= 0.6 is 0 Å². The van der Waals surface area contributed by atoms with Crippen LogP contribution in [0.25, 0.3) is 0 Å². The van der Waals surface area contributed by atoms with Gasteiger partial charge in [0.05, 0.1) is 6.54 Å². The fourth-order valence-electron chi connectivity index (χ4n) is 1.43. The Morgan fingerprint density at radius 1 is 1.56 bits per heavy atom. The van der Waals surface area contributed by atoms with E-state index < -0.39 is 12.0 Å². The molecule has 3 N–H and O–H groups in total. The molecule has 0 aliphatic rings. The Bertz CT molecular complexity index is 416. The topological polar surface area (TPSA) is 104 Å². The van der Waals surface area contributed by atoms with Crippen molar-refractivity contribution in [1.82, 2.24) is 10.5 Å². The number of nitrogens with one attached hydrogen (secondary N) is 2. The third kappa shape index (κ3) is 4.54. The standard InChI is InChI=1S/C11H17N3O4/c1-3-4-8(11(16)17)12-6-10(15)13-9-5-7(2)18-14-9/h5,8,12H,3-4,6H2,1-2H3,(H,16,17)(H,13,14,15). The molecule has 0 aliphatic carbocycles. The number of anilines is 1. The number of carboxylic acid groups (broad SMARTS) is 1. The number of amides is 1. The van der Waals surface area contributed by atoms with Gasteiger partial charge in [0.2, 0.25) is 5.91 Å². The third-order valence-electron chi connectivity index (χ3n) is 2.28. The molecule has 1 heterocycles. The Labute approximate surface area is 105 Å². The fourth-order valence-corrected chi connectivity index (χ4v) is 1.43. The van der Waals surface area contributed by atoms with Crippen LogP contribution in [-0.2, 0) is 9.59 Å². The molecule has 1 atom stereocenters. The number of nitrogens with zero attached hydrogens (tertiary/aromatic N) is 1. The molecule has 100 valence electrons. The zero-order valence-corrected chi connectivity index (χ0v) is 10.4. The van der Waals surface area contributed by atoms with Crippen molar-refractivity contribution in [2.24, 2.45) is 0 Å². The zero-order chi connectivity index (χ0) is 13.5. The number of carboxylic acids is 1. The number of hydrogen-bond acceptors (Lipinski definition) is 5. The summed E-state index contributed by atoms with van der Waals surface area (Å²) in [5.74, 6) is -0.401. The second-order valence-electron chi connectivity index (χ2n) is 3.93. The number of aliphatic carboxylic acids is 1. The van der Waals surface area contributed by atoms with Gasteiger partial charge in [0, 0.05) is 6.07 Å². The first-order chi connectivity index (χ1) is 8.52. The van der Waals surface area contributed by atoms with Crippen molar-refractivity contribution in [3.8, 4) is 0 Å². The van der Waals surface area contributed by atoms with Crippen LogP contribution in [0, 0.1) is 6.92 Å². The van der Waals surface area contributed by atoms with Crippen molar-refractivity contribution in [3.05, 3.63) is 11.8 Å². The summed E-state index contributed by atoms with van der Waals surface area (Å²) in [5, 5.41) is 17.7. The highest BCUT2D eigenvalue weighted by atomic mass is 16.5. The van der Waals surface area contributed by atoms with Gasteiger partial charge in [-0.1, -0.05) is 18.5 Å². The monoisotopic (exact) mass is 255 g/mol. The molecule has 0 spiro atoms. The molecule has 7 heteroatoms. The largest absolute Gasteiger partial charge is 0.480 e. The van der Waals surface area contributed by atoms with Crippen LogP contribution in [0.4, 0.5) is 5.82 Å². The van der Waals surface area contributed by atoms with E-state index in [0.717, 1.165) is 6.42 Å². The highest BCUT2D eigenvalue weighted by Crippen LogP contribution is 2.06. The molecule has 1 aromatic rings. The Morgan fingerprint density at radius 2 is 2.28 bits per heavy atom. The number of hydrogen-bond donors (Lipinski definition) is 3. The average Bonchev–Trinajstić information content (AvgIpc) is 2.69. The molecular formula is C11H17N3O4. The van der Waals surface area contributed by atoms with E-state index in [9.17, 15) is 9.59 Å². The number of carbonyl (C=O) groups is 2. The van der Waals surface area contributed by atoms with Gasteiger partial charge in [-0.2, -0.15) is 0 Å². The summed E-state index contributed by atoms with van der Waals surface area (Å²) in [6.07, 6.45) is 1.21. The average molecular weight is 255 g/mol. The smallest absolute Gasteiger partial charge is 0.320 e. The van der Waals surface area contributed by atoms with Gasteiger partial charge in [0.1, 0.15) is 11.8 Å². The Hall–Kier alpha value is -1.89. The second kappa shape index (κ2) is 6.75. The molecule has 1 unspecified atom stereocenters. The number of aromatic nitrogens is 1. The predicted molar refractivity (Wildman–Crippen MR) is 64.2 cm³/mol. The molecular weight excluding hydrogens is 238 g/mol. The van der Waals surface area contributed by atoms with Crippen LogP contribution in [0.1, 0.15) is 25.5 Å². The van der Waals surface area contributed by atoms with Crippen LogP contribution in [0.2, 0.25) is 0 Å². The van der Waals surface area contributed by atoms with E-state index in [0.29, 0.717) is 18.0 Å². The van der Waals surface area contributed by atoms with Gasteiger partial charge < -0.3 is 14.9 Å². The lowest BCUT2D eigenvalue weighted by Gasteiger charge is -2.12. The van der Waals surface area contributed by atoms with Gasteiger partial charge in [-0.25, -0.2) is 0 Å². The lowest BCUT2D eigenvalue weighted by Crippen LogP contribution is -2.41. The molecule has 1 amide bonds. The molecule has 7 nitrogen and oxygen atoms in total. The van der Waals surface area contributed by atoms with Crippen molar-refractivity contribution < 1.29 is 19.2 Å². The van der Waals surface area contributed by atoms with Crippen molar-refractivity contribution in [3.63, 3.8) is 0 Å². The van der Waals surface area contributed by atoms with E-state index in [1.54, 1.807) is 13.0 Å². The number of carbonyl (C=O) groups excluding carboxylic acids is 1. The van der Waals surface area contributed by atoms with Gasteiger partial charge >= 0.3 is 5.97 Å². The van der Waals surface area contributed by atoms with E-state index in [-0.39, 0.29) is 12.5 Å². The summed E-state index contributed by atoms with van der Waals surface area (Å²) in [5.41, 5.74) is 0. The third-order valence-corrected chi connectivity index (χ3v) is 2.28. The Balaban J connectivity index is 2.38. The number of aryl methyl sites for hydroxylation is 1.